The molecule has 1 saturated carbocycles. The summed E-state index contributed by atoms with van der Waals surface area (Å²) >= 11 is 0. The zero-order valence-electron chi connectivity index (χ0n) is 18.4. The highest BCUT2D eigenvalue weighted by Gasteiger charge is 2.42. The minimum absolute atomic E-state index is 0.128. The number of carbonyl (C=O) groups excluding carboxylic acids is 2. The van der Waals surface area contributed by atoms with Crippen molar-refractivity contribution in [2.45, 2.75) is 75.5 Å². The molecule has 0 radical (unpaired) electrons. The van der Waals surface area contributed by atoms with Gasteiger partial charge in [-0.25, -0.2) is 13.2 Å². The number of amides is 1. The van der Waals surface area contributed by atoms with E-state index in [0.717, 1.165) is 19.3 Å². The second-order valence-electron chi connectivity index (χ2n) is 8.42. The molecule has 3 rings (SSSR count). The zero-order valence-corrected chi connectivity index (χ0v) is 19.2. The number of carbonyl (C=O) groups is 2. The molecule has 0 bridgehead atoms. The smallest absolute Gasteiger partial charge is 0.331 e. The van der Waals surface area contributed by atoms with E-state index in [1.54, 1.807) is 6.92 Å². The summed E-state index contributed by atoms with van der Waals surface area (Å²) in [5.41, 5.74) is -0.715. The van der Waals surface area contributed by atoms with E-state index >= 15 is 0 Å². The molecule has 0 spiro atoms. The molecule has 1 N–H and O–H groups in total. The van der Waals surface area contributed by atoms with E-state index in [-0.39, 0.29) is 36.8 Å². The Labute approximate surface area is 184 Å². The molecule has 1 aliphatic heterocycles. The molecule has 1 saturated heterocycles. The molecule has 1 aromatic carbocycles. The molecule has 2 fully saturated rings. The van der Waals surface area contributed by atoms with Gasteiger partial charge in [0.2, 0.25) is 10.0 Å². The molecular formula is C22H32N2O6S. The van der Waals surface area contributed by atoms with Crippen molar-refractivity contribution in [2.75, 3.05) is 19.7 Å². The number of sulfonamides is 1. The Kier molecular flexibility index (Phi) is 7.39. The monoisotopic (exact) mass is 452 g/mol. The van der Waals surface area contributed by atoms with Gasteiger partial charge < -0.3 is 14.8 Å². The third kappa shape index (κ3) is 5.27. The van der Waals surface area contributed by atoms with E-state index in [1.165, 1.54) is 28.6 Å². The van der Waals surface area contributed by atoms with Crippen molar-refractivity contribution in [3.8, 4) is 0 Å². The van der Waals surface area contributed by atoms with E-state index in [9.17, 15) is 18.0 Å². The number of rotatable bonds is 6. The van der Waals surface area contributed by atoms with Gasteiger partial charge in [-0.2, -0.15) is 4.31 Å². The van der Waals surface area contributed by atoms with Crippen molar-refractivity contribution in [1.82, 2.24) is 9.62 Å². The first kappa shape index (κ1) is 23.7. The van der Waals surface area contributed by atoms with Crippen LogP contribution < -0.4 is 5.32 Å². The second-order valence-corrected chi connectivity index (χ2v) is 10.4. The third-order valence-electron chi connectivity index (χ3n) is 5.87. The van der Waals surface area contributed by atoms with E-state index in [2.05, 4.69) is 5.32 Å². The highest BCUT2D eigenvalue weighted by Crippen LogP contribution is 2.30. The lowest BCUT2D eigenvalue weighted by Gasteiger charge is -2.35. The van der Waals surface area contributed by atoms with Crippen LogP contribution in [0.2, 0.25) is 0 Å². The number of ether oxygens (including phenoxy) is 2. The number of nitrogens with one attached hydrogen (secondary N) is 1. The van der Waals surface area contributed by atoms with Crippen LogP contribution >= 0.6 is 0 Å². The first-order valence-electron chi connectivity index (χ1n) is 10.9. The van der Waals surface area contributed by atoms with E-state index in [0.29, 0.717) is 18.4 Å². The number of morpholine rings is 1. The van der Waals surface area contributed by atoms with Crippen LogP contribution in [0.5, 0.6) is 0 Å². The van der Waals surface area contributed by atoms with Gasteiger partial charge in [0, 0.05) is 18.7 Å². The highest BCUT2D eigenvalue weighted by molar-refractivity contribution is 7.89. The first-order chi connectivity index (χ1) is 14.7. The van der Waals surface area contributed by atoms with Crippen molar-refractivity contribution in [3.05, 3.63) is 29.8 Å². The Bertz CT molecular complexity index is 883. The van der Waals surface area contributed by atoms with Crippen molar-refractivity contribution < 1.29 is 27.5 Å². The van der Waals surface area contributed by atoms with Crippen molar-refractivity contribution in [2.24, 2.45) is 0 Å². The number of hydrogen-bond acceptors (Lipinski definition) is 6. The number of esters is 1. The van der Waals surface area contributed by atoms with Gasteiger partial charge in [-0.05, 0) is 57.9 Å². The fourth-order valence-corrected chi connectivity index (χ4v) is 5.94. The maximum absolute atomic E-state index is 13.0. The van der Waals surface area contributed by atoms with Crippen LogP contribution in [-0.4, -0.2) is 62.0 Å². The lowest BCUT2D eigenvalue weighted by molar-refractivity contribution is -0.152. The molecule has 8 nitrogen and oxygen atoms in total. The predicted molar refractivity (Wildman–Crippen MR) is 115 cm³/mol. The highest BCUT2D eigenvalue weighted by atomic mass is 32.2. The summed E-state index contributed by atoms with van der Waals surface area (Å²) in [5, 5.41) is 2.88. The van der Waals surface area contributed by atoms with E-state index < -0.39 is 27.4 Å². The number of benzene rings is 1. The molecule has 2 aliphatic rings. The van der Waals surface area contributed by atoms with Crippen molar-refractivity contribution in [3.63, 3.8) is 0 Å². The van der Waals surface area contributed by atoms with Crippen LogP contribution in [0.1, 0.15) is 63.2 Å². The van der Waals surface area contributed by atoms with Gasteiger partial charge in [-0.1, -0.05) is 19.3 Å². The molecular weight excluding hydrogens is 420 g/mol. The molecule has 0 aromatic heterocycles. The maximum atomic E-state index is 13.0. The summed E-state index contributed by atoms with van der Waals surface area (Å²) in [6, 6.07) is 5.84. The van der Waals surface area contributed by atoms with Crippen molar-refractivity contribution in [1.29, 1.82) is 0 Å². The Morgan fingerprint density at radius 1 is 1.10 bits per heavy atom. The Hall–Kier alpha value is -1.97. The molecule has 2 atom stereocenters. The molecule has 1 amide bonds. The fraction of sp³-hybridized carbons (Fsp3) is 0.636. The first-order valence-corrected chi connectivity index (χ1v) is 12.4. The fourth-order valence-electron chi connectivity index (χ4n) is 4.35. The largest absolute Gasteiger partial charge is 0.464 e. The molecule has 172 valence electrons. The average Bonchev–Trinajstić information content (AvgIpc) is 2.74. The predicted octanol–water partition coefficient (Wildman–Crippen LogP) is 2.48. The zero-order chi connectivity index (χ0) is 22.6. The van der Waals surface area contributed by atoms with Crippen LogP contribution in [0.4, 0.5) is 0 Å². The minimum atomic E-state index is -3.68. The van der Waals surface area contributed by atoms with E-state index in [4.69, 9.17) is 9.47 Å². The molecule has 9 heteroatoms. The third-order valence-corrected chi connectivity index (χ3v) is 7.71. The van der Waals surface area contributed by atoms with Gasteiger partial charge in [-0.15, -0.1) is 0 Å². The normalized spacial score (nSPS) is 24.4. The summed E-state index contributed by atoms with van der Waals surface area (Å²) in [6.45, 7) is 6.26. The van der Waals surface area contributed by atoms with Gasteiger partial charge in [0.05, 0.1) is 23.7 Å². The Morgan fingerprint density at radius 2 is 1.68 bits per heavy atom. The SMILES string of the molecule is CCOC(=O)C1(NC(=O)c2ccc(S(=O)(=O)N3CC(C)OC(C)C3)cc2)CCCCC1. The van der Waals surface area contributed by atoms with Gasteiger partial charge in [0.1, 0.15) is 5.54 Å². The molecule has 1 aromatic rings. The van der Waals surface area contributed by atoms with Gasteiger partial charge in [-0.3, -0.25) is 4.79 Å². The Morgan fingerprint density at radius 3 is 2.23 bits per heavy atom. The quantitative estimate of drug-likeness (QED) is 0.666. The van der Waals surface area contributed by atoms with Gasteiger partial charge in [0.15, 0.2) is 0 Å². The lowest BCUT2D eigenvalue weighted by atomic mass is 9.81. The van der Waals surface area contributed by atoms with Crippen LogP contribution in [0.25, 0.3) is 0 Å². The van der Waals surface area contributed by atoms with Crippen LogP contribution in [-0.2, 0) is 24.3 Å². The number of nitrogens with zero attached hydrogens (tertiary/aromatic N) is 1. The van der Waals surface area contributed by atoms with E-state index in [1.807, 2.05) is 13.8 Å². The topological polar surface area (TPSA) is 102 Å². The lowest BCUT2D eigenvalue weighted by Crippen LogP contribution is -2.56. The van der Waals surface area contributed by atoms with Crippen LogP contribution in [0.15, 0.2) is 29.2 Å². The van der Waals surface area contributed by atoms with Gasteiger partial charge in [0.25, 0.3) is 5.91 Å². The molecule has 1 heterocycles. The van der Waals surface area contributed by atoms with Crippen LogP contribution in [0.3, 0.4) is 0 Å². The molecule has 2 unspecified atom stereocenters. The molecule has 1 aliphatic carbocycles. The second kappa shape index (κ2) is 9.67. The summed E-state index contributed by atoms with van der Waals surface area (Å²) in [6.07, 6.45) is 3.41. The van der Waals surface area contributed by atoms with Gasteiger partial charge >= 0.3 is 5.97 Å². The summed E-state index contributed by atoms with van der Waals surface area (Å²) in [5.74, 6) is -0.815. The van der Waals surface area contributed by atoms with Crippen molar-refractivity contribution >= 4 is 21.9 Å². The number of hydrogen-bond donors (Lipinski definition) is 1. The minimum Gasteiger partial charge on any atom is -0.464 e. The Balaban J connectivity index is 1.75. The summed E-state index contributed by atoms with van der Waals surface area (Å²) in [7, 11) is -3.68. The summed E-state index contributed by atoms with van der Waals surface area (Å²) in [4.78, 5) is 25.6. The maximum Gasteiger partial charge on any atom is 0.331 e. The van der Waals surface area contributed by atoms with Crippen LogP contribution in [0, 0.1) is 0 Å². The average molecular weight is 453 g/mol. The molecule has 31 heavy (non-hydrogen) atoms. The summed E-state index contributed by atoms with van der Waals surface area (Å²) < 4.78 is 38.3. The standard InChI is InChI=1S/C22H32N2O6S/c1-4-29-21(26)22(12-6-5-7-13-22)23-20(25)18-8-10-19(11-9-18)31(27,28)24-14-16(2)30-17(3)15-24/h8-11,16-17H,4-7,12-15H2,1-3H3,(H,23,25).